The molecule has 1 N–H and O–H groups in total. The Labute approximate surface area is 103 Å². The normalized spacial score (nSPS) is 19.4. The molecule has 0 bridgehead atoms. The maximum Gasteiger partial charge on any atom is 0.131 e. The fourth-order valence-electron chi connectivity index (χ4n) is 2.12. The van der Waals surface area contributed by atoms with E-state index in [1.807, 2.05) is 0 Å². The van der Waals surface area contributed by atoms with Crippen molar-refractivity contribution in [3.63, 3.8) is 0 Å². The van der Waals surface area contributed by atoms with Crippen LogP contribution < -0.4 is 5.32 Å². The second-order valence-electron chi connectivity index (χ2n) is 5.44. The number of nitrogens with one attached hydrogen (secondary N) is 1. The highest BCUT2D eigenvalue weighted by Crippen LogP contribution is 2.40. The van der Waals surface area contributed by atoms with E-state index in [4.69, 9.17) is 4.98 Å². The number of rotatable bonds is 6. The molecule has 1 aromatic heterocycles. The summed E-state index contributed by atoms with van der Waals surface area (Å²) >= 11 is 0. The first kappa shape index (κ1) is 11.0. The summed E-state index contributed by atoms with van der Waals surface area (Å²) in [6.07, 6.45) is 7.59. The van der Waals surface area contributed by atoms with Gasteiger partial charge in [-0.15, -0.1) is 0 Å². The summed E-state index contributed by atoms with van der Waals surface area (Å²) in [6, 6.07) is 2.16. The highest BCUT2D eigenvalue weighted by atomic mass is 15.0. The fourth-order valence-corrected chi connectivity index (χ4v) is 2.12. The molecule has 2 fully saturated rings. The number of nitrogens with zero attached hydrogens (tertiary/aromatic N) is 2. The molecule has 2 aliphatic carbocycles. The van der Waals surface area contributed by atoms with Crippen molar-refractivity contribution < 1.29 is 0 Å². The van der Waals surface area contributed by atoms with E-state index in [9.17, 15) is 0 Å². The Morgan fingerprint density at radius 2 is 2.06 bits per heavy atom. The zero-order valence-corrected chi connectivity index (χ0v) is 10.6. The van der Waals surface area contributed by atoms with Gasteiger partial charge in [0.25, 0.3) is 0 Å². The molecule has 3 nitrogen and oxygen atoms in total. The van der Waals surface area contributed by atoms with Gasteiger partial charge in [0.15, 0.2) is 0 Å². The smallest absolute Gasteiger partial charge is 0.131 e. The Hall–Kier alpha value is -1.12. The van der Waals surface area contributed by atoms with E-state index in [1.54, 1.807) is 0 Å². The van der Waals surface area contributed by atoms with Crippen LogP contribution in [-0.4, -0.2) is 16.5 Å². The Morgan fingerprint density at radius 1 is 1.24 bits per heavy atom. The highest BCUT2D eigenvalue weighted by Gasteiger charge is 2.28. The molecular formula is C14H21N3. The van der Waals surface area contributed by atoms with Gasteiger partial charge in [-0.25, -0.2) is 9.97 Å². The summed E-state index contributed by atoms with van der Waals surface area (Å²) < 4.78 is 0. The van der Waals surface area contributed by atoms with Gasteiger partial charge < -0.3 is 5.32 Å². The van der Waals surface area contributed by atoms with Gasteiger partial charge in [0.05, 0.1) is 0 Å². The van der Waals surface area contributed by atoms with E-state index in [0.29, 0.717) is 0 Å². The number of aromatic nitrogens is 2. The largest absolute Gasteiger partial charge is 0.370 e. The monoisotopic (exact) mass is 231 g/mol. The van der Waals surface area contributed by atoms with Gasteiger partial charge in [-0.2, -0.15) is 0 Å². The number of hydrogen-bond acceptors (Lipinski definition) is 3. The molecule has 92 valence electrons. The van der Waals surface area contributed by atoms with E-state index in [1.165, 1.54) is 31.4 Å². The zero-order chi connectivity index (χ0) is 11.7. The first-order valence-corrected chi connectivity index (χ1v) is 6.97. The summed E-state index contributed by atoms with van der Waals surface area (Å²) in [5.41, 5.74) is 1.27. The molecule has 0 spiro atoms. The summed E-state index contributed by atoms with van der Waals surface area (Å²) in [7, 11) is 0. The molecule has 3 heteroatoms. The van der Waals surface area contributed by atoms with Crippen LogP contribution in [0.1, 0.15) is 56.5 Å². The van der Waals surface area contributed by atoms with E-state index in [2.05, 4.69) is 23.3 Å². The molecule has 2 saturated carbocycles. The molecule has 2 aliphatic rings. The standard InChI is InChI=1S/C14H21N3/c1-2-7-15-13-9-12(11-5-6-11)16-14(17-13)8-10-3-4-10/h9-11H,2-8H2,1H3,(H,15,16,17). The van der Waals surface area contributed by atoms with Gasteiger partial charge in [-0.3, -0.25) is 0 Å². The van der Waals surface area contributed by atoms with E-state index in [0.717, 1.165) is 42.9 Å². The Kier molecular flexibility index (Phi) is 3.00. The van der Waals surface area contributed by atoms with E-state index in [-0.39, 0.29) is 0 Å². The Bertz CT molecular complexity index is 394. The Morgan fingerprint density at radius 3 is 2.71 bits per heavy atom. The first-order valence-electron chi connectivity index (χ1n) is 6.97. The predicted molar refractivity (Wildman–Crippen MR) is 69.2 cm³/mol. The zero-order valence-electron chi connectivity index (χ0n) is 10.6. The van der Waals surface area contributed by atoms with Crippen LogP contribution in [0.3, 0.4) is 0 Å². The molecule has 0 atom stereocenters. The van der Waals surface area contributed by atoms with Crippen LogP contribution in [0.25, 0.3) is 0 Å². The van der Waals surface area contributed by atoms with Crippen molar-refractivity contribution in [3.05, 3.63) is 17.6 Å². The van der Waals surface area contributed by atoms with Crippen LogP contribution in [0.5, 0.6) is 0 Å². The van der Waals surface area contributed by atoms with Crippen LogP contribution in [-0.2, 0) is 6.42 Å². The van der Waals surface area contributed by atoms with Crippen LogP contribution in [0, 0.1) is 5.92 Å². The quantitative estimate of drug-likeness (QED) is 0.817. The summed E-state index contributed by atoms with van der Waals surface area (Å²) in [4.78, 5) is 9.37. The van der Waals surface area contributed by atoms with E-state index >= 15 is 0 Å². The minimum absolute atomic E-state index is 0.720. The maximum absolute atomic E-state index is 4.73. The van der Waals surface area contributed by atoms with Crippen molar-refractivity contribution >= 4 is 5.82 Å². The molecule has 0 aliphatic heterocycles. The molecular weight excluding hydrogens is 210 g/mol. The topological polar surface area (TPSA) is 37.8 Å². The van der Waals surface area contributed by atoms with Crippen LogP contribution in [0.4, 0.5) is 5.82 Å². The third-order valence-electron chi connectivity index (χ3n) is 3.51. The molecule has 0 saturated heterocycles. The molecule has 17 heavy (non-hydrogen) atoms. The third-order valence-corrected chi connectivity index (χ3v) is 3.51. The third kappa shape index (κ3) is 2.96. The van der Waals surface area contributed by atoms with Crippen molar-refractivity contribution in [2.24, 2.45) is 5.92 Å². The lowest BCUT2D eigenvalue weighted by Gasteiger charge is -2.08. The molecule has 0 aromatic carbocycles. The second kappa shape index (κ2) is 4.63. The highest BCUT2D eigenvalue weighted by molar-refractivity contribution is 5.38. The molecule has 0 amide bonds. The number of anilines is 1. The van der Waals surface area contributed by atoms with Crippen molar-refractivity contribution in [1.29, 1.82) is 0 Å². The van der Waals surface area contributed by atoms with Crippen molar-refractivity contribution in [3.8, 4) is 0 Å². The maximum atomic E-state index is 4.73. The van der Waals surface area contributed by atoms with Crippen molar-refractivity contribution in [2.75, 3.05) is 11.9 Å². The van der Waals surface area contributed by atoms with Crippen molar-refractivity contribution in [2.45, 2.75) is 51.4 Å². The molecule has 3 rings (SSSR count). The summed E-state index contributed by atoms with van der Waals surface area (Å²) in [6.45, 7) is 3.19. The first-order chi connectivity index (χ1) is 8.35. The van der Waals surface area contributed by atoms with Crippen LogP contribution in [0.2, 0.25) is 0 Å². The summed E-state index contributed by atoms with van der Waals surface area (Å²) in [5.74, 6) is 3.69. The van der Waals surface area contributed by atoms with Gasteiger partial charge >= 0.3 is 0 Å². The average molecular weight is 231 g/mol. The van der Waals surface area contributed by atoms with Gasteiger partial charge in [0, 0.05) is 30.6 Å². The van der Waals surface area contributed by atoms with Crippen LogP contribution >= 0.6 is 0 Å². The number of hydrogen-bond donors (Lipinski definition) is 1. The predicted octanol–water partition coefficient (Wildman–Crippen LogP) is 3.13. The van der Waals surface area contributed by atoms with Gasteiger partial charge in [-0.05, 0) is 38.0 Å². The lowest BCUT2D eigenvalue weighted by atomic mass is 10.2. The minimum atomic E-state index is 0.720. The average Bonchev–Trinajstić information content (AvgIpc) is 3.17. The van der Waals surface area contributed by atoms with Gasteiger partial charge in [0.1, 0.15) is 11.6 Å². The lowest BCUT2D eigenvalue weighted by Crippen LogP contribution is -2.07. The van der Waals surface area contributed by atoms with E-state index < -0.39 is 0 Å². The molecule has 0 radical (unpaired) electrons. The summed E-state index contributed by atoms with van der Waals surface area (Å²) in [5, 5.41) is 3.40. The molecule has 1 aromatic rings. The van der Waals surface area contributed by atoms with Crippen LogP contribution in [0.15, 0.2) is 6.07 Å². The fraction of sp³-hybridized carbons (Fsp3) is 0.714. The SMILES string of the molecule is CCCNc1cc(C2CC2)nc(CC2CC2)n1. The Balaban J connectivity index is 1.77. The van der Waals surface area contributed by atoms with Crippen molar-refractivity contribution in [1.82, 2.24) is 9.97 Å². The molecule has 0 unspecified atom stereocenters. The lowest BCUT2D eigenvalue weighted by molar-refractivity contribution is 0.756. The van der Waals surface area contributed by atoms with Gasteiger partial charge in [0.2, 0.25) is 0 Å². The molecule has 1 heterocycles. The van der Waals surface area contributed by atoms with Gasteiger partial charge in [-0.1, -0.05) is 6.92 Å². The second-order valence-corrected chi connectivity index (χ2v) is 5.44. The minimum Gasteiger partial charge on any atom is -0.370 e.